The summed E-state index contributed by atoms with van der Waals surface area (Å²) < 4.78 is 0. The van der Waals surface area contributed by atoms with Crippen LogP contribution in [0.1, 0.15) is 25.7 Å². The number of hydrogen-bond acceptors (Lipinski definition) is 2. The number of aliphatic hydroxyl groups is 2. The highest BCUT2D eigenvalue weighted by Crippen LogP contribution is 2.57. The molecule has 4 saturated carbocycles. The van der Waals surface area contributed by atoms with Gasteiger partial charge in [0.15, 0.2) is 0 Å². The Labute approximate surface area is 72.6 Å². The van der Waals surface area contributed by atoms with Gasteiger partial charge in [0.05, 0.1) is 12.2 Å². The van der Waals surface area contributed by atoms with Crippen molar-refractivity contribution in [2.24, 2.45) is 23.7 Å². The van der Waals surface area contributed by atoms with Crippen LogP contribution in [0.15, 0.2) is 0 Å². The highest BCUT2D eigenvalue weighted by Gasteiger charge is 2.52. The third-order valence-electron chi connectivity index (χ3n) is 4.44. The van der Waals surface area contributed by atoms with Crippen LogP contribution in [0.4, 0.5) is 0 Å². The second kappa shape index (κ2) is 2.24. The molecule has 4 aliphatic rings. The molecule has 12 heavy (non-hydrogen) atoms. The lowest BCUT2D eigenvalue weighted by Crippen LogP contribution is -2.32. The molecule has 4 aliphatic carbocycles. The quantitative estimate of drug-likeness (QED) is 0.561. The van der Waals surface area contributed by atoms with E-state index in [9.17, 15) is 10.2 Å². The summed E-state index contributed by atoms with van der Waals surface area (Å²) in [5.74, 6) is 2.75. The summed E-state index contributed by atoms with van der Waals surface area (Å²) in [7, 11) is 0. The molecular formula is C10H16O2. The first-order valence-corrected chi connectivity index (χ1v) is 5.12. The smallest absolute Gasteiger partial charge is 0.0830 e. The van der Waals surface area contributed by atoms with Gasteiger partial charge in [-0.2, -0.15) is 0 Å². The fraction of sp³-hybridized carbons (Fsp3) is 1.00. The van der Waals surface area contributed by atoms with E-state index in [1.165, 1.54) is 19.3 Å². The van der Waals surface area contributed by atoms with Crippen molar-refractivity contribution in [3.8, 4) is 0 Å². The fourth-order valence-corrected chi connectivity index (χ4v) is 3.88. The Balaban J connectivity index is 1.95. The zero-order chi connectivity index (χ0) is 8.29. The van der Waals surface area contributed by atoms with Gasteiger partial charge in [0.25, 0.3) is 0 Å². The van der Waals surface area contributed by atoms with Crippen molar-refractivity contribution in [2.75, 3.05) is 0 Å². The third kappa shape index (κ3) is 0.775. The minimum Gasteiger partial charge on any atom is -0.390 e. The van der Waals surface area contributed by atoms with Crippen LogP contribution in [0.2, 0.25) is 0 Å². The molecule has 0 aromatic heterocycles. The largest absolute Gasteiger partial charge is 0.390 e. The Hall–Kier alpha value is -0.0800. The Kier molecular flexibility index (Phi) is 1.37. The zero-order valence-corrected chi connectivity index (χ0v) is 7.19. The lowest BCUT2D eigenvalue weighted by Gasteiger charge is -2.24. The Morgan fingerprint density at radius 1 is 0.750 bits per heavy atom. The van der Waals surface area contributed by atoms with Crippen molar-refractivity contribution < 1.29 is 10.2 Å². The van der Waals surface area contributed by atoms with Crippen LogP contribution in [-0.4, -0.2) is 22.4 Å². The van der Waals surface area contributed by atoms with Crippen molar-refractivity contribution in [1.82, 2.24) is 0 Å². The molecule has 68 valence electrons. The van der Waals surface area contributed by atoms with Crippen molar-refractivity contribution in [2.45, 2.75) is 37.9 Å². The molecule has 0 saturated heterocycles. The maximum atomic E-state index is 9.79. The van der Waals surface area contributed by atoms with E-state index in [2.05, 4.69) is 0 Å². The molecule has 0 aromatic rings. The number of rotatable bonds is 0. The van der Waals surface area contributed by atoms with Crippen molar-refractivity contribution in [3.63, 3.8) is 0 Å². The summed E-state index contributed by atoms with van der Waals surface area (Å²) >= 11 is 0. The van der Waals surface area contributed by atoms with Gasteiger partial charge in [-0.1, -0.05) is 0 Å². The fourth-order valence-electron chi connectivity index (χ4n) is 3.88. The molecule has 0 spiro atoms. The van der Waals surface area contributed by atoms with Crippen LogP contribution >= 0.6 is 0 Å². The van der Waals surface area contributed by atoms with Gasteiger partial charge in [-0.05, 0) is 49.4 Å². The van der Waals surface area contributed by atoms with Crippen LogP contribution in [0.5, 0.6) is 0 Å². The Bertz CT molecular complexity index is 204. The van der Waals surface area contributed by atoms with E-state index in [0.29, 0.717) is 5.92 Å². The molecule has 2 N–H and O–H groups in total. The van der Waals surface area contributed by atoms with E-state index in [1.54, 1.807) is 0 Å². The Morgan fingerprint density at radius 3 is 2.00 bits per heavy atom. The summed E-state index contributed by atoms with van der Waals surface area (Å²) in [4.78, 5) is 0. The molecule has 6 unspecified atom stereocenters. The van der Waals surface area contributed by atoms with Gasteiger partial charge in [-0.15, -0.1) is 0 Å². The predicted octanol–water partition coefficient (Wildman–Crippen LogP) is 0.774. The monoisotopic (exact) mass is 168 g/mol. The van der Waals surface area contributed by atoms with Crippen LogP contribution in [0.25, 0.3) is 0 Å². The van der Waals surface area contributed by atoms with Gasteiger partial charge in [-0.3, -0.25) is 0 Å². The van der Waals surface area contributed by atoms with Crippen molar-refractivity contribution >= 4 is 0 Å². The SMILES string of the molecule is OC1CC2CC3CC2CC3C1O. The van der Waals surface area contributed by atoms with E-state index >= 15 is 0 Å². The van der Waals surface area contributed by atoms with Crippen molar-refractivity contribution in [1.29, 1.82) is 0 Å². The molecule has 4 fully saturated rings. The van der Waals surface area contributed by atoms with E-state index in [-0.39, 0.29) is 0 Å². The maximum Gasteiger partial charge on any atom is 0.0830 e. The molecule has 0 aromatic carbocycles. The molecule has 4 rings (SSSR count). The van der Waals surface area contributed by atoms with Gasteiger partial charge < -0.3 is 10.2 Å². The van der Waals surface area contributed by atoms with E-state index in [4.69, 9.17) is 0 Å². The molecule has 2 nitrogen and oxygen atoms in total. The standard InChI is InChI=1S/C10H16O2/c11-9-4-6-2-7-1-5(6)3-8(7)10(9)12/h5-12H,1-4H2. The lowest BCUT2D eigenvalue weighted by molar-refractivity contribution is -0.0190. The van der Waals surface area contributed by atoms with E-state index in [0.717, 1.165) is 24.2 Å². The molecule has 6 atom stereocenters. The highest BCUT2D eigenvalue weighted by atomic mass is 16.3. The summed E-state index contributed by atoms with van der Waals surface area (Å²) in [5.41, 5.74) is 0. The van der Waals surface area contributed by atoms with Crippen LogP contribution < -0.4 is 0 Å². The van der Waals surface area contributed by atoms with Crippen molar-refractivity contribution in [3.05, 3.63) is 0 Å². The summed E-state index contributed by atoms with van der Waals surface area (Å²) in [5, 5.41) is 19.4. The highest BCUT2D eigenvalue weighted by molar-refractivity contribution is 5.03. The van der Waals surface area contributed by atoms with Gasteiger partial charge in [0, 0.05) is 0 Å². The molecule has 0 amide bonds. The number of hydrogen-bond donors (Lipinski definition) is 2. The second-order valence-corrected chi connectivity index (χ2v) is 4.94. The number of aliphatic hydroxyl groups excluding tert-OH is 2. The molecular weight excluding hydrogens is 152 g/mol. The van der Waals surface area contributed by atoms with Gasteiger partial charge >= 0.3 is 0 Å². The first-order valence-electron chi connectivity index (χ1n) is 5.12. The maximum absolute atomic E-state index is 9.79. The average Bonchev–Trinajstić information content (AvgIpc) is 2.56. The summed E-state index contributed by atoms with van der Waals surface area (Å²) in [6.07, 6.45) is 3.83. The minimum absolute atomic E-state index is 0.410. The average molecular weight is 168 g/mol. The van der Waals surface area contributed by atoms with Crippen LogP contribution in [0, 0.1) is 23.7 Å². The van der Waals surface area contributed by atoms with Gasteiger partial charge in [-0.25, -0.2) is 0 Å². The minimum atomic E-state index is -0.421. The molecule has 0 aliphatic heterocycles. The third-order valence-corrected chi connectivity index (χ3v) is 4.44. The zero-order valence-electron chi connectivity index (χ0n) is 7.19. The molecule has 2 heteroatoms. The van der Waals surface area contributed by atoms with E-state index < -0.39 is 12.2 Å². The Morgan fingerprint density at radius 2 is 1.42 bits per heavy atom. The lowest BCUT2D eigenvalue weighted by atomic mass is 9.83. The molecule has 4 bridgehead atoms. The first kappa shape index (κ1) is 7.34. The first-order chi connectivity index (χ1) is 5.75. The normalized spacial score (nSPS) is 62.5. The second-order valence-electron chi connectivity index (χ2n) is 4.94. The van der Waals surface area contributed by atoms with E-state index in [1.807, 2.05) is 0 Å². The van der Waals surface area contributed by atoms with Crippen LogP contribution in [0.3, 0.4) is 0 Å². The number of fused-ring (bicyclic) bond motifs is 2. The molecule has 0 heterocycles. The summed E-state index contributed by atoms with van der Waals surface area (Å²) in [6.45, 7) is 0. The van der Waals surface area contributed by atoms with Gasteiger partial charge in [0.2, 0.25) is 0 Å². The molecule has 0 radical (unpaired) electrons. The van der Waals surface area contributed by atoms with Gasteiger partial charge in [0.1, 0.15) is 0 Å². The summed E-state index contributed by atoms with van der Waals surface area (Å²) in [6, 6.07) is 0. The topological polar surface area (TPSA) is 40.5 Å². The predicted molar refractivity (Wildman–Crippen MR) is 44.4 cm³/mol. The van der Waals surface area contributed by atoms with Crippen LogP contribution in [-0.2, 0) is 0 Å².